The fourth-order valence-electron chi connectivity index (χ4n) is 4.03. The van der Waals surface area contributed by atoms with E-state index in [1.165, 1.54) is 5.56 Å². The van der Waals surface area contributed by atoms with Crippen LogP contribution in [0.25, 0.3) is 0 Å². The van der Waals surface area contributed by atoms with Crippen LogP contribution in [0.1, 0.15) is 35.1 Å². The summed E-state index contributed by atoms with van der Waals surface area (Å²) in [4.78, 5) is 11.8. The van der Waals surface area contributed by atoms with Gasteiger partial charge in [-0.25, -0.2) is 0 Å². The lowest BCUT2D eigenvalue weighted by Gasteiger charge is -2.41. The van der Waals surface area contributed by atoms with E-state index in [4.69, 9.17) is 14.5 Å². The van der Waals surface area contributed by atoms with Crippen molar-refractivity contribution in [2.24, 2.45) is 0 Å². The van der Waals surface area contributed by atoms with E-state index in [0.29, 0.717) is 0 Å². The Hall–Kier alpha value is -2.46. The molecular weight excluding hydrogens is 312 g/mol. The van der Waals surface area contributed by atoms with E-state index in [0.717, 1.165) is 16.7 Å². The third-order valence-electron chi connectivity index (χ3n) is 5.12. The fourth-order valence-corrected chi connectivity index (χ4v) is 4.03. The predicted octanol–water partition coefficient (Wildman–Crippen LogP) is 4.84. The first-order valence-corrected chi connectivity index (χ1v) is 8.50. The molecule has 3 atom stereocenters. The van der Waals surface area contributed by atoms with Gasteiger partial charge in [-0.05, 0) is 18.1 Å². The van der Waals surface area contributed by atoms with Crippen molar-refractivity contribution in [3.05, 3.63) is 107 Å². The molecule has 0 N–H and O–H groups in total. The summed E-state index contributed by atoms with van der Waals surface area (Å²) >= 11 is 0. The lowest BCUT2D eigenvalue weighted by molar-refractivity contribution is -0.353. The van der Waals surface area contributed by atoms with Gasteiger partial charge in [-0.3, -0.25) is 0 Å². The summed E-state index contributed by atoms with van der Waals surface area (Å²) in [6, 6.07) is 28.6. The molecule has 124 valence electrons. The maximum Gasteiger partial charge on any atom is 0.241 e. The second-order valence-electron chi connectivity index (χ2n) is 6.68. The van der Waals surface area contributed by atoms with Gasteiger partial charge in [0.05, 0.1) is 5.92 Å². The van der Waals surface area contributed by atoms with Gasteiger partial charge < -0.3 is 4.74 Å². The van der Waals surface area contributed by atoms with Crippen molar-refractivity contribution >= 4 is 0 Å². The van der Waals surface area contributed by atoms with E-state index in [9.17, 15) is 0 Å². The first-order chi connectivity index (χ1) is 12.2. The van der Waals surface area contributed by atoms with Crippen LogP contribution in [0.2, 0.25) is 0 Å². The van der Waals surface area contributed by atoms with E-state index < -0.39 is 11.6 Å². The smallest absolute Gasteiger partial charge is 0.241 e. The Labute approximate surface area is 146 Å². The average Bonchev–Trinajstić information content (AvgIpc) is 2.99. The predicted molar refractivity (Wildman–Crippen MR) is 93.5 cm³/mol. The second kappa shape index (κ2) is 5.27. The molecule has 2 bridgehead atoms. The molecule has 2 aliphatic heterocycles. The van der Waals surface area contributed by atoms with Crippen molar-refractivity contribution in [1.29, 1.82) is 0 Å². The van der Waals surface area contributed by atoms with Crippen LogP contribution in [-0.2, 0) is 26.1 Å². The van der Waals surface area contributed by atoms with Crippen molar-refractivity contribution in [3.63, 3.8) is 0 Å². The Morgan fingerprint density at radius 3 is 2.12 bits per heavy atom. The van der Waals surface area contributed by atoms with Gasteiger partial charge in [-0.15, -0.1) is 0 Å². The van der Waals surface area contributed by atoms with Crippen molar-refractivity contribution in [2.75, 3.05) is 0 Å². The SMILES string of the molecule is C[C@]12OO[C@](c3ccccc3)(O1)C(c1ccccc1)c1ccccc12. The zero-order valence-electron chi connectivity index (χ0n) is 13.9. The summed E-state index contributed by atoms with van der Waals surface area (Å²) in [7, 11) is 0. The normalized spacial score (nSPS) is 30.0. The highest BCUT2D eigenvalue weighted by molar-refractivity contribution is 5.47. The topological polar surface area (TPSA) is 27.7 Å². The van der Waals surface area contributed by atoms with E-state index >= 15 is 0 Å². The molecule has 0 radical (unpaired) electrons. The van der Waals surface area contributed by atoms with Crippen molar-refractivity contribution in [2.45, 2.75) is 24.4 Å². The van der Waals surface area contributed by atoms with Crippen LogP contribution in [-0.4, -0.2) is 0 Å². The number of benzene rings is 3. The van der Waals surface area contributed by atoms with Gasteiger partial charge in [0, 0.05) is 11.1 Å². The molecule has 25 heavy (non-hydrogen) atoms. The zero-order chi connectivity index (χ0) is 16.9. The summed E-state index contributed by atoms with van der Waals surface area (Å²) in [5.41, 5.74) is 4.25. The van der Waals surface area contributed by atoms with Crippen LogP contribution >= 0.6 is 0 Å². The highest BCUT2D eigenvalue weighted by atomic mass is 17.3. The Morgan fingerprint density at radius 2 is 1.36 bits per heavy atom. The third-order valence-corrected chi connectivity index (χ3v) is 5.12. The van der Waals surface area contributed by atoms with Gasteiger partial charge in [-0.1, -0.05) is 84.9 Å². The maximum atomic E-state index is 6.51. The standard InChI is InChI=1S/C22H18O3/c1-21-19-15-9-8-14-18(19)20(16-10-4-2-5-11-16)22(23-21,25-24-21)17-12-6-3-7-13-17/h2-15,20H,1H3/t20?,21-,22+/m1/s1. The highest BCUT2D eigenvalue weighted by Crippen LogP contribution is 2.60. The largest absolute Gasteiger partial charge is 0.303 e. The lowest BCUT2D eigenvalue weighted by Crippen LogP contribution is -2.42. The quantitative estimate of drug-likeness (QED) is 0.630. The molecule has 0 aliphatic carbocycles. The van der Waals surface area contributed by atoms with Crippen LogP contribution in [0.4, 0.5) is 0 Å². The number of hydrogen-bond acceptors (Lipinski definition) is 3. The van der Waals surface area contributed by atoms with Crippen LogP contribution in [0.15, 0.2) is 84.9 Å². The highest BCUT2D eigenvalue weighted by Gasteiger charge is 2.62. The van der Waals surface area contributed by atoms with Crippen molar-refractivity contribution < 1.29 is 14.5 Å². The molecule has 3 nitrogen and oxygen atoms in total. The molecule has 3 aromatic rings. The van der Waals surface area contributed by atoms with Gasteiger partial charge in [-0.2, -0.15) is 9.78 Å². The molecule has 3 aromatic carbocycles. The molecule has 5 rings (SSSR count). The first-order valence-electron chi connectivity index (χ1n) is 8.50. The van der Waals surface area contributed by atoms with Gasteiger partial charge in [0.15, 0.2) is 0 Å². The number of fused-ring (bicyclic) bond motifs is 4. The van der Waals surface area contributed by atoms with E-state index in [-0.39, 0.29) is 5.92 Å². The van der Waals surface area contributed by atoms with Crippen LogP contribution in [0.3, 0.4) is 0 Å². The molecule has 1 saturated heterocycles. The zero-order valence-corrected chi connectivity index (χ0v) is 13.9. The van der Waals surface area contributed by atoms with E-state index in [1.807, 2.05) is 61.5 Å². The summed E-state index contributed by atoms with van der Waals surface area (Å²) < 4.78 is 6.51. The first kappa shape index (κ1) is 14.8. The third kappa shape index (κ3) is 2.04. The number of rotatable bonds is 2. The molecule has 3 heteroatoms. The monoisotopic (exact) mass is 330 g/mol. The summed E-state index contributed by atoms with van der Waals surface area (Å²) in [6.07, 6.45) is 0. The minimum absolute atomic E-state index is 0.122. The van der Waals surface area contributed by atoms with E-state index in [2.05, 4.69) is 30.3 Å². The van der Waals surface area contributed by atoms with E-state index in [1.54, 1.807) is 0 Å². The average molecular weight is 330 g/mol. The van der Waals surface area contributed by atoms with Crippen LogP contribution in [0, 0.1) is 0 Å². The van der Waals surface area contributed by atoms with Crippen molar-refractivity contribution in [3.8, 4) is 0 Å². The molecule has 2 aliphatic rings. The van der Waals surface area contributed by atoms with Gasteiger partial charge >= 0.3 is 0 Å². The van der Waals surface area contributed by atoms with Crippen LogP contribution in [0.5, 0.6) is 0 Å². The molecule has 2 heterocycles. The van der Waals surface area contributed by atoms with Crippen LogP contribution < -0.4 is 0 Å². The Bertz CT molecular complexity index is 909. The number of hydrogen-bond donors (Lipinski definition) is 0. The summed E-state index contributed by atoms with van der Waals surface area (Å²) in [6.45, 7) is 1.91. The Balaban J connectivity index is 1.81. The van der Waals surface area contributed by atoms with Gasteiger partial charge in [0.25, 0.3) is 0 Å². The second-order valence-corrected chi connectivity index (χ2v) is 6.68. The van der Waals surface area contributed by atoms with Gasteiger partial charge in [0.2, 0.25) is 11.6 Å². The molecule has 0 saturated carbocycles. The minimum atomic E-state index is -1.01. The van der Waals surface area contributed by atoms with Gasteiger partial charge in [0.1, 0.15) is 0 Å². The molecular formula is C22H18O3. The molecule has 0 spiro atoms. The molecule has 0 aromatic heterocycles. The molecule has 1 unspecified atom stereocenters. The molecule has 1 fully saturated rings. The Morgan fingerprint density at radius 1 is 0.720 bits per heavy atom. The summed E-state index contributed by atoms with van der Waals surface area (Å²) in [5, 5.41) is 0. The van der Waals surface area contributed by atoms with Crippen molar-refractivity contribution in [1.82, 2.24) is 0 Å². The summed E-state index contributed by atoms with van der Waals surface area (Å²) in [5.74, 6) is -2.05. The lowest BCUT2D eigenvalue weighted by atomic mass is 9.75. The fraction of sp³-hybridized carbons (Fsp3) is 0.182. The molecule has 0 amide bonds. The Kier molecular flexibility index (Phi) is 3.13. The maximum absolute atomic E-state index is 6.51. The number of ether oxygens (including phenoxy) is 1. The minimum Gasteiger partial charge on any atom is -0.303 e.